The van der Waals surface area contributed by atoms with E-state index in [-0.39, 0.29) is 5.91 Å². The Bertz CT molecular complexity index is 669. The number of carbonyl (C=O) groups excluding carboxylic acids is 1. The number of hydrogen-bond acceptors (Lipinski definition) is 5. The number of aromatic nitrogens is 2. The van der Waals surface area contributed by atoms with Gasteiger partial charge in [0.1, 0.15) is 0 Å². The van der Waals surface area contributed by atoms with Crippen molar-refractivity contribution < 1.29 is 9.53 Å². The maximum atomic E-state index is 12.7. The molecule has 0 N–H and O–H groups in total. The zero-order chi connectivity index (χ0) is 16.2. The Kier molecular flexibility index (Phi) is 4.91. The number of methoxy groups -OCH3 is 1. The highest BCUT2D eigenvalue weighted by atomic mass is 32.1. The maximum absolute atomic E-state index is 12.7. The van der Waals surface area contributed by atoms with Crippen LogP contribution in [0.2, 0.25) is 0 Å². The molecule has 3 rings (SSSR count). The van der Waals surface area contributed by atoms with Crippen molar-refractivity contribution in [3.8, 4) is 5.88 Å². The third kappa shape index (κ3) is 3.52. The number of amides is 1. The summed E-state index contributed by atoms with van der Waals surface area (Å²) in [6.07, 6.45) is 4.66. The minimum Gasteiger partial charge on any atom is -0.481 e. The SMILES string of the molecule is CCc1csc(C2CCCN(C(=O)c3ccc(OC)nc3)C2)n1. The fourth-order valence-corrected chi connectivity index (χ4v) is 3.88. The number of carbonyl (C=O) groups is 1. The van der Waals surface area contributed by atoms with Gasteiger partial charge in [0, 0.05) is 36.7 Å². The summed E-state index contributed by atoms with van der Waals surface area (Å²) in [5, 5.41) is 3.29. The average Bonchev–Trinajstić information content (AvgIpc) is 3.10. The molecule has 1 saturated heterocycles. The van der Waals surface area contributed by atoms with Gasteiger partial charge in [-0.3, -0.25) is 4.79 Å². The Morgan fingerprint density at radius 3 is 3.00 bits per heavy atom. The smallest absolute Gasteiger partial charge is 0.255 e. The number of nitrogens with zero attached hydrogens (tertiary/aromatic N) is 3. The molecule has 5 nitrogen and oxygen atoms in total. The molecule has 0 radical (unpaired) electrons. The number of aryl methyl sites for hydroxylation is 1. The highest BCUT2D eigenvalue weighted by molar-refractivity contribution is 7.09. The van der Waals surface area contributed by atoms with Crippen LogP contribution in [0.25, 0.3) is 0 Å². The summed E-state index contributed by atoms with van der Waals surface area (Å²) in [4.78, 5) is 23.4. The van der Waals surface area contributed by atoms with Crippen LogP contribution in [-0.2, 0) is 6.42 Å². The van der Waals surface area contributed by atoms with Crippen molar-refractivity contribution in [3.05, 3.63) is 40.0 Å². The van der Waals surface area contributed by atoms with Gasteiger partial charge in [0.05, 0.1) is 23.4 Å². The number of likely N-dealkylation sites (tertiary alicyclic amines) is 1. The van der Waals surface area contributed by atoms with Gasteiger partial charge in [0.2, 0.25) is 5.88 Å². The summed E-state index contributed by atoms with van der Waals surface area (Å²) in [6.45, 7) is 3.65. The first-order chi connectivity index (χ1) is 11.2. The number of piperidine rings is 1. The molecule has 1 unspecified atom stereocenters. The van der Waals surface area contributed by atoms with E-state index in [1.54, 1.807) is 36.8 Å². The third-order valence-corrected chi connectivity index (χ3v) is 5.24. The zero-order valence-corrected chi connectivity index (χ0v) is 14.3. The van der Waals surface area contributed by atoms with Crippen molar-refractivity contribution in [2.24, 2.45) is 0 Å². The monoisotopic (exact) mass is 331 g/mol. The molecule has 0 aliphatic carbocycles. The third-order valence-electron chi connectivity index (χ3n) is 4.18. The van der Waals surface area contributed by atoms with Gasteiger partial charge in [0.25, 0.3) is 5.91 Å². The first kappa shape index (κ1) is 15.9. The molecule has 1 aliphatic rings. The molecule has 2 aromatic heterocycles. The van der Waals surface area contributed by atoms with Crippen molar-refractivity contribution in [3.63, 3.8) is 0 Å². The van der Waals surface area contributed by atoms with Crippen LogP contribution in [0.1, 0.15) is 46.7 Å². The molecule has 3 heterocycles. The molecule has 0 saturated carbocycles. The zero-order valence-electron chi connectivity index (χ0n) is 13.5. The van der Waals surface area contributed by atoms with Crippen LogP contribution in [0.5, 0.6) is 5.88 Å². The molecular weight excluding hydrogens is 310 g/mol. The summed E-state index contributed by atoms with van der Waals surface area (Å²) in [5.41, 5.74) is 1.76. The quantitative estimate of drug-likeness (QED) is 0.864. The topological polar surface area (TPSA) is 55.3 Å². The molecule has 1 aliphatic heterocycles. The van der Waals surface area contributed by atoms with E-state index in [0.717, 1.165) is 43.1 Å². The molecule has 2 aromatic rings. The Balaban J connectivity index is 1.70. The molecule has 1 fully saturated rings. The van der Waals surface area contributed by atoms with Gasteiger partial charge in [-0.1, -0.05) is 6.92 Å². The number of rotatable bonds is 4. The molecular formula is C17H21N3O2S. The van der Waals surface area contributed by atoms with Crippen LogP contribution in [0, 0.1) is 0 Å². The van der Waals surface area contributed by atoms with E-state index in [1.165, 1.54) is 0 Å². The van der Waals surface area contributed by atoms with Gasteiger partial charge in [-0.25, -0.2) is 9.97 Å². The number of pyridine rings is 1. The van der Waals surface area contributed by atoms with E-state index < -0.39 is 0 Å². The number of thiazole rings is 1. The number of hydrogen-bond donors (Lipinski definition) is 0. The molecule has 122 valence electrons. The van der Waals surface area contributed by atoms with Crippen LogP contribution in [0.4, 0.5) is 0 Å². The predicted octanol–water partition coefficient (Wildman–Crippen LogP) is 3.13. The summed E-state index contributed by atoms with van der Waals surface area (Å²) in [7, 11) is 1.57. The number of ether oxygens (including phenoxy) is 1. The van der Waals surface area contributed by atoms with Crippen LogP contribution < -0.4 is 4.74 Å². The van der Waals surface area contributed by atoms with E-state index in [2.05, 4.69) is 17.3 Å². The van der Waals surface area contributed by atoms with E-state index in [4.69, 9.17) is 9.72 Å². The lowest BCUT2D eigenvalue weighted by Crippen LogP contribution is -2.39. The van der Waals surface area contributed by atoms with E-state index >= 15 is 0 Å². The predicted molar refractivity (Wildman–Crippen MR) is 90.2 cm³/mol. The van der Waals surface area contributed by atoms with Gasteiger partial charge in [-0.15, -0.1) is 11.3 Å². The molecule has 1 atom stereocenters. The fraction of sp³-hybridized carbons (Fsp3) is 0.471. The highest BCUT2D eigenvalue weighted by Gasteiger charge is 2.27. The second-order valence-corrected chi connectivity index (χ2v) is 6.60. The first-order valence-corrected chi connectivity index (χ1v) is 8.82. The van der Waals surface area contributed by atoms with Crippen LogP contribution in [0.3, 0.4) is 0 Å². The summed E-state index contributed by atoms with van der Waals surface area (Å²) in [5.74, 6) is 0.911. The lowest BCUT2D eigenvalue weighted by atomic mass is 9.98. The van der Waals surface area contributed by atoms with Crippen LogP contribution in [-0.4, -0.2) is 41.0 Å². The van der Waals surface area contributed by atoms with Crippen molar-refractivity contribution >= 4 is 17.2 Å². The molecule has 0 aromatic carbocycles. The highest BCUT2D eigenvalue weighted by Crippen LogP contribution is 2.30. The lowest BCUT2D eigenvalue weighted by Gasteiger charge is -2.31. The van der Waals surface area contributed by atoms with Gasteiger partial charge in [0.15, 0.2) is 0 Å². The van der Waals surface area contributed by atoms with E-state index in [9.17, 15) is 4.79 Å². The largest absolute Gasteiger partial charge is 0.481 e. The van der Waals surface area contributed by atoms with E-state index in [0.29, 0.717) is 17.4 Å². The second-order valence-electron chi connectivity index (χ2n) is 5.71. The maximum Gasteiger partial charge on any atom is 0.255 e. The van der Waals surface area contributed by atoms with Crippen LogP contribution in [0.15, 0.2) is 23.7 Å². The Morgan fingerprint density at radius 1 is 1.48 bits per heavy atom. The molecule has 1 amide bonds. The van der Waals surface area contributed by atoms with E-state index in [1.807, 2.05) is 4.90 Å². The normalized spacial score (nSPS) is 18.0. The standard InChI is InChI=1S/C17H21N3O2S/c1-3-14-11-23-16(19-14)13-5-4-8-20(10-13)17(21)12-6-7-15(22-2)18-9-12/h6-7,9,11,13H,3-5,8,10H2,1-2H3. The van der Waals surface area contributed by atoms with Gasteiger partial charge in [-0.2, -0.15) is 0 Å². The Labute approximate surface area is 140 Å². The molecule has 6 heteroatoms. The van der Waals surface area contributed by atoms with Gasteiger partial charge >= 0.3 is 0 Å². The average molecular weight is 331 g/mol. The minimum atomic E-state index is 0.0390. The molecule has 23 heavy (non-hydrogen) atoms. The Morgan fingerprint density at radius 2 is 2.35 bits per heavy atom. The Hall–Kier alpha value is -1.95. The summed E-state index contributed by atoms with van der Waals surface area (Å²) >= 11 is 1.72. The van der Waals surface area contributed by atoms with Gasteiger partial charge < -0.3 is 9.64 Å². The lowest BCUT2D eigenvalue weighted by molar-refractivity contribution is 0.0706. The van der Waals surface area contributed by atoms with Gasteiger partial charge in [-0.05, 0) is 25.3 Å². The summed E-state index contributed by atoms with van der Waals surface area (Å²) in [6, 6.07) is 3.50. The van der Waals surface area contributed by atoms with Crippen molar-refractivity contribution in [2.75, 3.05) is 20.2 Å². The fourth-order valence-electron chi connectivity index (χ4n) is 2.85. The second kappa shape index (κ2) is 7.08. The van der Waals surface area contributed by atoms with Crippen molar-refractivity contribution in [2.45, 2.75) is 32.1 Å². The first-order valence-electron chi connectivity index (χ1n) is 7.95. The minimum absolute atomic E-state index is 0.0390. The molecule has 0 bridgehead atoms. The summed E-state index contributed by atoms with van der Waals surface area (Å²) < 4.78 is 5.04. The van der Waals surface area contributed by atoms with Crippen LogP contribution >= 0.6 is 11.3 Å². The van der Waals surface area contributed by atoms with Crippen molar-refractivity contribution in [1.29, 1.82) is 0 Å². The molecule has 0 spiro atoms. The van der Waals surface area contributed by atoms with Crippen molar-refractivity contribution in [1.82, 2.24) is 14.9 Å².